The SMILES string of the molecule is O=C(CCCC[PH](c1ccccc1)(c1ccccc1)c1ccccc1)N1CC[C@@H](N=C=S)C1. The Kier molecular flexibility index (Phi) is 8.18. The number of nitrogens with zero attached hydrogens (tertiary/aromatic N) is 2. The van der Waals surface area contributed by atoms with Gasteiger partial charge in [0.1, 0.15) is 0 Å². The number of rotatable bonds is 9. The van der Waals surface area contributed by atoms with Gasteiger partial charge >= 0.3 is 203 Å². The Morgan fingerprint density at radius 3 is 1.88 bits per heavy atom. The molecule has 0 radical (unpaired) electrons. The number of unbranched alkanes of at least 4 members (excludes halogenated alkanes) is 1. The summed E-state index contributed by atoms with van der Waals surface area (Å²) in [7, 11) is -2.21. The van der Waals surface area contributed by atoms with Gasteiger partial charge in [0.2, 0.25) is 0 Å². The first-order chi connectivity index (χ1) is 16.2. The van der Waals surface area contributed by atoms with Crippen molar-refractivity contribution in [3.8, 4) is 0 Å². The van der Waals surface area contributed by atoms with Crippen LogP contribution in [0.4, 0.5) is 0 Å². The number of benzene rings is 3. The average Bonchev–Trinajstić information content (AvgIpc) is 3.35. The monoisotopic (exact) mass is 474 g/mol. The molecule has 0 N–H and O–H groups in total. The fourth-order valence-corrected chi connectivity index (χ4v) is 10.2. The van der Waals surface area contributed by atoms with Gasteiger partial charge in [-0.25, -0.2) is 0 Å². The van der Waals surface area contributed by atoms with Crippen LogP contribution in [-0.4, -0.2) is 41.3 Å². The fraction of sp³-hybridized carbons (Fsp3) is 0.286. The molecule has 1 saturated heterocycles. The number of isothiocyanates is 1. The van der Waals surface area contributed by atoms with E-state index in [1.54, 1.807) is 0 Å². The Labute approximate surface area is 202 Å². The second-order valence-corrected chi connectivity index (χ2v) is 12.9. The summed E-state index contributed by atoms with van der Waals surface area (Å²) in [6.07, 6.45) is 4.48. The first kappa shape index (κ1) is 23.5. The van der Waals surface area contributed by atoms with Crippen molar-refractivity contribution in [1.82, 2.24) is 4.90 Å². The van der Waals surface area contributed by atoms with Gasteiger partial charge in [0.05, 0.1) is 0 Å². The number of carbonyl (C=O) groups is 1. The molecule has 0 saturated carbocycles. The molecule has 0 bridgehead atoms. The summed E-state index contributed by atoms with van der Waals surface area (Å²) >= 11 is 4.72. The molecule has 1 amide bonds. The fourth-order valence-electron chi connectivity index (χ4n) is 5.07. The maximum absolute atomic E-state index is 12.8. The maximum atomic E-state index is 12.8. The summed E-state index contributed by atoms with van der Waals surface area (Å²) in [5.74, 6) is 0.239. The predicted molar refractivity (Wildman–Crippen MR) is 145 cm³/mol. The van der Waals surface area contributed by atoms with E-state index in [2.05, 4.69) is 101 Å². The molecule has 0 spiro atoms. The number of carbonyl (C=O) groups excluding carboxylic acids is 1. The summed E-state index contributed by atoms with van der Waals surface area (Å²) in [4.78, 5) is 18.9. The minimum absolute atomic E-state index is 0.126. The molecule has 33 heavy (non-hydrogen) atoms. The molecule has 1 heterocycles. The van der Waals surface area contributed by atoms with Crippen LogP contribution >= 0.6 is 19.5 Å². The molecular weight excluding hydrogens is 443 g/mol. The number of thiocarbonyl (C=S) groups is 1. The van der Waals surface area contributed by atoms with Crippen LogP contribution in [0.2, 0.25) is 0 Å². The molecule has 1 aliphatic rings. The molecule has 1 fully saturated rings. The van der Waals surface area contributed by atoms with Gasteiger partial charge in [-0.15, -0.1) is 0 Å². The van der Waals surface area contributed by atoms with Gasteiger partial charge in [-0.3, -0.25) is 0 Å². The van der Waals surface area contributed by atoms with E-state index in [-0.39, 0.29) is 11.9 Å². The van der Waals surface area contributed by atoms with Gasteiger partial charge in [-0.2, -0.15) is 0 Å². The zero-order valence-corrected chi connectivity index (χ0v) is 20.7. The van der Waals surface area contributed by atoms with Crippen LogP contribution in [0.3, 0.4) is 0 Å². The number of aliphatic imine (C=N–C) groups is 1. The van der Waals surface area contributed by atoms with Gasteiger partial charge in [0.25, 0.3) is 0 Å². The Morgan fingerprint density at radius 2 is 1.39 bits per heavy atom. The number of likely N-dealkylation sites (tertiary alicyclic amines) is 1. The Morgan fingerprint density at radius 1 is 0.879 bits per heavy atom. The molecule has 0 aliphatic carbocycles. The van der Waals surface area contributed by atoms with Crippen LogP contribution in [0, 0.1) is 0 Å². The number of hydrogen-bond acceptors (Lipinski definition) is 3. The van der Waals surface area contributed by atoms with Crippen LogP contribution in [-0.2, 0) is 4.79 Å². The molecular formula is C28H31N2OPS. The topological polar surface area (TPSA) is 32.7 Å². The van der Waals surface area contributed by atoms with Crippen LogP contribution in [0.5, 0.6) is 0 Å². The van der Waals surface area contributed by atoms with Gasteiger partial charge in [0.15, 0.2) is 0 Å². The quantitative estimate of drug-likeness (QED) is 0.197. The van der Waals surface area contributed by atoms with Crippen molar-refractivity contribution >= 4 is 46.5 Å². The molecule has 0 unspecified atom stereocenters. The van der Waals surface area contributed by atoms with Gasteiger partial charge in [0, 0.05) is 0 Å². The van der Waals surface area contributed by atoms with Gasteiger partial charge < -0.3 is 0 Å². The van der Waals surface area contributed by atoms with E-state index in [4.69, 9.17) is 12.2 Å². The third kappa shape index (κ3) is 5.47. The summed E-state index contributed by atoms with van der Waals surface area (Å²) in [6.45, 7) is 1.46. The Balaban J connectivity index is 1.54. The average molecular weight is 475 g/mol. The first-order valence-electron chi connectivity index (χ1n) is 11.8. The normalized spacial score (nSPS) is 16.2. The van der Waals surface area contributed by atoms with Crippen LogP contribution in [0.25, 0.3) is 0 Å². The van der Waals surface area contributed by atoms with E-state index in [1.807, 2.05) is 4.90 Å². The molecule has 170 valence electrons. The molecule has 0 aromatic heterocycles. The summed E-state index contributed by atoms with van der Waals surface area (Å²) in [5.41, 5.74) is 0. The van der Waals surface area contributed by atoms with Crippen molar-refractivity contribution in [1.29, 1.82) is 0 Å². The molecule has 1 atom stereocenters. The van der Waals surface area contributed by atoms with Crippen molar-refractivity contribution in [3.05, 3.63) is 91.0 Å². The third-order valence-corrected chi connectivity index (χ3v) is 11.9. The molecule has 1 aliphatic heterocycles. The van der Waals surface area contributed by atoms with E-state index in [9.17, 15) is 4.79 Å². The van der Waals surface area contributed by atoms with Crippen molar-refractivity contribution in [2.24, 2.45) is 4.99 Å². The molecule has 5 heteroatoms. The first-order valence-corrected chi connectivity index (χ1v) is 14.4. The summed E-state index contributed by atoms with van der Waals surface area (Å²) in [6, 6.07) is 33.1. The van der Waals surface area contributed by atoms with Gasteiger partial charge in [-0.05, 0) is 0 Å². The minimum atomic E-state index is -2.21. The van der Waals surface area contributed by atoms with Crippen LogP contribution in [0.15, 0.2) is 96.0 Å². The van der Waals surface area contributed by atoms with E-state index < -0.39 is 7.26 Å². The van der Waals surface area contributed by atoms with Crippen molar-refractivity contribution in [2.45, 2.75) is 31.7 Å². The summed E-state index contributed by atoms with van der Waals surface area (Å²) in [5, 5.41) is 6.74. The van der Waals surface area contributed by atoms with E-state index in [1.165, 1.54) is 15.9 Å². The van der Waals surface area contributed by atoms with Crippen molar-refractivity contribution in [3.63, 3.8) is 0 Å². The Hall–Kier alpha value is -2.64. The van der Waals surface area contributed by atoms with E-state index in [0.29, 0.717) is 13.0 Å². The zero-order chi connectivity index (χ0) is 22.9. The third-order valence-electron chi connectivity index (χ3n) is 6.74. The van der Waals surface area contributed by atoms with E-state index in [0.717, 1.165) is 32.0 Å². The number of hydrogen-bond donors (Lipinski definition) is 0. The predicted octanol–water partition coefficient (Wildman–Crippen LogP) is 4.59. The second-order valence-electron chi connectivity index (χ2n) is 8.71. The van der Waals surface area contributed by atoms with Gasteiger partial charge in [-0.1, -0.05) is 0 Å². The van der Waals surface area contributed by atoms with Crippen molar-refractivity contribution < 1.29 is 4.79 Å². The molecule has 4 rings (SSSR count). The van der Waals surface area contributed by atoms with Crippen molar-refractivity contribution in [2.75, 3.05) is 19.3 Å². The molecule has 3 nitrogen and oxygen atoms in total. The number of amides is 1. The standard InChI is InChI=1S/C28H31N2OPS/c31-28(30-20-19-24(22-30)29-23-33)18-10-11-21-32(25-12-4-1-5-13-25,26-14-6-2-7-15-26)27-16-8-3-9-17-27/h1-9,12-17,24,32H,10-11,18-22H2/t24-/m1/s1. The Bertz CT molecular complexity index is 988. The van der Waals surface area contributed by atoms with Crippen LogP contribution in [0.1, 0.15) is 25.7 Å². The van der Waals surface area contributed by atoms with Crippen LogP contribution < -0.4 is 15.9 Å². The second kappa shape index (κ2) is 11.5. The zero-order valence-electron chi connectivity index (χ0n) is 18.9. The molecule has 3 aromatic rings. The molecule has 3 aromatic carbocycles. The summed E-state index contributed by atoms with van der Waals surface area (Å²) < 4.78 is 0. The van der Waals surface area contributed by atoms with E-state index >= 15 is 0 Å².